The zero-order valence-electron chi connectivity index (χ0n) is 13.5. The Morgan fingerprint density at radius 1 is 1.12 bits per heavy atom. The molecule has 2 rings (SSSR count). The number of benzene rings is 2. The van der Waals surface area contributed by atoms with E-state index >= 15 is 0 Å². The maximum absolute atomic E-state index is 12.7. The summed E-state index contributed by atoms with van der Waals surface area (Å²) in [5.74, 6) is 0.239. The second-order valence-corrected chi connectivity index (χ2v) is 7.38. The molecule has 0 aliphatic heterocycles. The average Bonchev–Trinajstić information content (AvgIpc) is 2.55. The lowest BCUT2D eigenvalue weighted by molar-refractivity contribution is 0.174. The summed E-state index contributed by atoms with van der Waals surface area (Å²) in [6, 6.07) is 13.7. The predicted molar refractivity (Wildman–Crippen MR) is 94.1 cm³/mol. The molecule has 0 aliphatic carbocycles. The second-order valence-electron chi connectivity index (χ2n) is 5.26. The van der Waals surface area contributed by atoms with Gasteiger partial charge in [0.15, 0.2) is 0 Å². The highest BCUT2D eigenvalue weighted by Crippen LogP contribution is 2.27. The molecule has 0 saturated heterocycles. The summed E-state index contributed by atoms with van der Waals surface area (Å²) in [7, 11) is -0.857. The first-order chi connectivity index (χ1) is 11.5. The molecule has 0 fully saturated rings. The SMILES string of the molecule is COCC(Cc1ccccc1)NS(=O)(=O)c1cc(Cl)ccc1OC. The lowest BCUT2D eigenvalue weighted by Gasteiger charge is -2.19. The molecule has 7 heteroatoms. The van der Waals surface area contributed by atoms with Crippen molar-refractivity contribution >= 4 is 21.6 Å². The van der Waals surface area contributed by atoms with Gasteiger partial charge in [-0.05, 0) is 30.2 Å². The Balaban J connectivity index is 2.26. The van der Waals surface area contributed by atoms with Crippen LogP contribution in [0.5, 0.6) is 5.75 Å². The van der Waals surface area contributed by atoms with Crippen molar-refractivity contribution in [1.82, 2.24) is 4.72 Å². The summed E-state index contributed by atoms with van der Waals surface area (Å²) in [4.78, 5) is 0.00617. The van der Waals surface area contributed by atoms with Crippen molar-refractivity contribution < 1.29 is 17.9 Å². The molecule has 0 spiro atoms. The van der Waals surface area contributed by atoms with E-state index in [0.29, 0.717) is 11.4 Å². The van der Waals surface area contributed by atoms with Gasteiger partial charge < -0.3 is 9.47 Å². The lowest BCUT2D eigenvalue weighted by Crippen LogP contribution is -2.39. The predicted octanol–water partition coefficient (Wildman–Crippen LogP) is 2.88. The van der Waals surface area contributed by atoms with Gasteiger partial charge in [-0.2, -0.15) is 0 Å². The Hall–Kier alpha value is -1.60. The van der Waals surface area contributed by atoms with E-state index in [2.05, 4.69) is 4.72 Å². The first kappa shape index (κ1) is 18.7. The Kier molecular flexibility index (Phi) is 6.62. The number of ether oxygens (including phenoxy) is 2. The Bertz CT molecular complexity index is 765. The number of hydrogen-bond donors (Lipinski definition) is 1. The summed E-state index contributed by atoms with van der Waals surface area (Å²) in [5.41, 5.74) is 1.01. The van der Waals surface area contributed by atoms with Gasteiger partial charge in [0.1, 0.15) is 10.6 Å². The lowest BCUT2D eigenvalue weighted by atomic mass is 10.1. The molecule has 0 bridgehead atoms. The van der Waals surface area contributed by atoms with E-state index in [9.17, 15) is 8.42 Å². The average molecular weight is 370 g/mol. The van der Waals surface area contributed by atoms with Crippen LogP contribution in [0, 0.1) is 0 Å². The van der Waals surface area contributed by atoms with Crippen LogP contribution in [-0.2, 0) is 21.2 Å². The van der Waals surface area contributed by atoms with Gasteiger partial charge >= 0.3 is 0 Å². The molecule has 0 heterocycles. The molecule has 0 aromatic heterocycles. The highest BCUT2D eigenvalue weighted by atomic mass is 35.5. The Morgan fingerprint density at radius 2 is 1.83 bits per heavy atom. The summed E-state index contributed by atoms with van der Waals surface area (Å²) >= 11 is 5.93. The van der Waals surface area contributed by atoms with Crippen molar-refractivity contribution in [3.63, 3.8) is 0 Å². The zero-order chi connectivity index (χ0) is 17.6. The number of sulfonamides is 1. The summed E-state index contributed by atoms with van der Waals surface area (Å²) in [6.07, 6.45) is 0.511. The maximum Gasteiger partial charge on any atom is 0.244 e. The molecule has 0 aliphatic rings. The van der Waals surface area contributed by atoms with Gasteiger partial charge in [-0.1, -0.05) is 41.9 Å². The fraction of sp³-hybridized carbons (Fsp3) is 0.294. The van der Waals surface area contributed by atoms with E-state index in [0.717, 1.165) is 5.56 Å². The quantitative estimate of drug-likeness (QED) is 0.777. The highest BCUT2D eigenvalue weighted by molar-refractivity contribution is 7.89. The highest BCUT2D eigenvalue weighted by Gasteiger charge is 2.24. The van der Waals surface area contributed by atoms with Gasteiger partial charge in [0.25, 0.3) is 0 Å². The molecule has 24 heavy (non-hydrogen) atoms. The van der Waals surface area contributed by atoms with E-state index in [1.54, 1.807) is 6.07 Å². The van der Waals surface area contributed by atoms with Crippen LogP contribution >= 0.6 is 11.6 Å². The number of nitrogens with one attached hydrogen (secondary N) is 1. The van der Waals surface area contributed by atoms with Gasteiger partial charge in [-0.15, -0.1) is 0 Å². The molecule has 0 saturated carbocycles. The fourth-order valence-electron chi connectivity index (χ4n) is 2.38. The molecule has 1 atom stereocenters. The first-order valence-electron chi connectivity index (χ1n) is 7.35. The van der Waals surface area contributed by atoms with Crippen LogP contribution in [0.15, 0.2) is 53.4 Å². The molecular formula is C17H20ClNO4S. The van der Waals surface area contributed by atoms with Crippen molar-refractivity contribution in [3.8, 4) is 5.75 Å². The fourth-order valence-corrected chi connectivity index (χ4v) is 4.03. The molecule has 130 valence electrons. The summed E-state index contributed by atoms with van der Waals surface area (Å²) in [5, 5.41) is 0.322. The summed E-state index contributed by atoms with van der Waals surface area (Å²) < 4.78 is 38.4. The third-order valence-electron chi connectivity index (χ3n) is 3.43. The molecule has 2 aromatic carbocycles. The van der Waals surface area contributed by atoms with Crippen LogP contribution in [-0.4, -0.2) is 35.3 Å². The Morgan fingerprint density at radius 3 is 2.46 bits per heavy atom. The van der Waals surface area contributed by atoms with Crippen molar-refractivity contribution in [2.24, 2.45) is 0 Å². The van der Waals surface area contributed by atoms with E-state index in [-0.39, 0.29) is 17.3 Å². The minimum atomic E-state index is -3.81. The number of hydrogen-bond acceptors (Lipinski definition) is 4. The molecule has 0 radical (unpaired) electrons. The van der Waals surface area contributed by atoms with Crippen LogP contribution < -0.4 is 9.46 Å². The third-order valence-corrected chi connectivity index (χ3v) is 5.21. The van der Waals surface area contributed by atoms with Crippen molar-refractivity contribution in [1.29, 1.82) is 0 Å². The van der Waals surface area contributed by atoms with Gasteiger partial charge in [-0.25, -0.2) is 13.1 Å². The maximum atomic E-state index is 12.7. The van der Waals surface area contributed by atoms with Crippen LogP contribution in [0.1, 0.15) is 5.56 Å². The van der Waals surface area contributed by atoms with Gasteiger partial charge in [0.2, 0.25) is 10.0 Å². The minimum Gasteiger partial charge on any atom is -0.495 e. The molecule has 0 amide bonds. The first-order valence-corrected chi connectivity index (χ1v) is 9.21. The molecule has 1 N–H and O–H groups in total. The number of methoxy groups -OCH3 is 2. The van der Waals surface area contributed by atoms with E-state index in [1.807, 2.05) is 30.3 Å². The van der Waals surface area contributed by atoms with Crippen molar-refractivity contribution in [2.75, 3.05) is 20.8 Å². The largest absolute Gasteiger partial charge is 0.495 e. The van der Waals surface area contributed by atoms with Gasteiger partial charge in [-0.3, -0.25) is 0 Å². The molecule has 1 unspecified atom stereocenters. The number of halogens is 1. The van der Waals surface area contributed by atoms with Crippen LogP contribution in [0.3, 0.4) is 0 Å². The molecule has 2 aromatic rings. The van der Waals surface area contributed by atoms with Crippen LogP contribution in [0.2, 0.25) is 5.02 Å². The minimum absolute atomic E-state index is 0.00617. The van der Waals surface area contributed by atoms with Crippen LogP contribution in [0.4, 0.5) is 0 Å². The molecule has 5 nitrogen and oxygen atoms in total. The Labute approximate surface area is 147 Å². The molecular weight excluding hydrogens is 350 g/mol. The van der Waals surface area contributed by atoms with Crippen LogP contribution in [0.25, 0.3) is 0 Å². The van der Waals surface area contributed by atoms with E-state index < -0.39 is 16.1 Å². The topological polar surface area (TPSA) is 64.6 Å². The number of rotatable bonds is 8. The van der Waals surface area contributed by atoms with Gasteiger partial charge in [0, 0.05) is 18.2 Å². The zero-order valence-corrected chi connectivity index (χ0v) is 15.1. The third kappa shape index (κ3) is 4.95. The van der Waals surface area contributed by atoms with Crippen molar-refractivity contribution in [2.45, 2.75) is 17.4 Å². The monoisotopic (exact) mass is 369 g/mol. The summed E-state index contributed by atoms with van der Waals surface area (Å²) in [6.45, 7) is 0.247. The smallest absolute Gasteiger partial charge is 0.244 e. The normalized spacial score (nSPS) is 12.8. The standard InChI is InChI=1S/C17H20ClNO4S/c1-22-12-15(10-13-6-4-3-5-7-13)19-24(20,21)17-11-14(18)8-9-16(17)23-2/h3-9,11,15,19H,10,12H2,1-2H3. The van der Waals surface area contributed by atoms with E-state index in [1.165, 1.54) is 26.4 Å². The van der Waals surface area contributed by atoms with E-state index in [4.69, 9.17) is 21.1 Å². The van der Waals surface area contributed by atoms with Gasteiger partial charge in [0.05, 0.1) is 13.7 Å². The van der Waals surface area contributed by atoms with Crippen molar-refractivity contribution in [3.05, 3.63) is 59.1 Å². The second kappa shape index (κ2) is 8.48.